The fraction of sp³-hybridized carbons (Fsp3) is 0.667. The van der Waals surface area contributed by atoms with E-state index in [-0.39, 0.29) is 11.3 Å². The van der Waals surface area contributed by atoms with Crippen LogP contribution >= 0.6 is 15.9 Å². The maximum Gasteiger partial charge on any atom is 0.230 e. The van der Waals surface area contributed by atoms with Crippen LogP contribution in [0.4, 0.5) is 0 Å². The van der Waals surface area contributed by atoms with E-state index in [9.17, 15) is 4.79 Å². The van der Waals surface area contributed by atoms with Gasteiger partial charge in [-0.3, -0.25) is 4.79 Å². The standard InChI is InChI=1S/C21H31BrN2O/c1-17-9-15-24(16-10-17)14-3-2-13-23-20(25)21(11-4-12-21)18-5-7-19(22)8-6-18/h5-8,17H,2-4,9-16H2,1H3,(H,23,25). The molecule has 1 heterocycles. The van der Waals surface area contributed by atoms with Gasteiger partial charge in [-0.05, 0) is 81.8 Å². The molecule has 2 aliphatic rings. The Hall–Kier alpha value is -0.870. The van der Waals surface area contributed by atoms with Gasteiger partial charge in [-0.2, -0.15) is 0 Å². The van der Waals surface area contributed by atoms with Gasteiger partial charge in [0.1, 0.15) is 0 Å². The molecule has 0 unspecified atom stereocenters. The molecule has 0 radical (unpaired) electrons. The first-order valence-corrected chi connectivity index (χ1v) is 10.7. The molecule has 1 saturated carbocycles. The number of piperidine rings is 1. The number of halogens is 1. The fourth-order valence-electron chi connectivity index (χ4n) is 4.06. The molecular formula is C21H31BrN2O. The van der Waals surface area contributed by atoms with E-state index in [1.54, 1.807) is 0 Å². The predicted molar refractivity (Wildman–Crippen MR) is 107 cm³/mol. The zero-order valence-electron chi connectivity index (χ0n) is 15.4. The van der Waals surface area contributed by atoms with Crippen LogP contribution in [0.1, 0.15) is 57.4 Å². The molecule has 1 N–H and O–H groups in total. The summed E-state index contributed by atoms with van der Waals surface area (Å²) in [6, 6.07) is 8.28. The highest BCUT2D eigenvalue weighted by atomic mass is 79.9. The molecule has 138 valence electrons. The van der Waals surface area contributed by atoms with E-state index in [1.807, 2.05) is 12.1 Å². The molecular weight excluding hydrogens is 376 g/mol. The SMILES string of the molecule is CC1CCN(CCCCNC(=O)C2(c3ccc(Br)cc3)CCC2)CC1. The van der Waals surface area contributed by atoms with E-state index in [0.29, 0.717) is 0 Å². The summed E-state index contributed by atoms with van der Waals surface area (Å²) in [5.41, 5.74) is 0.894. The summed E-state index contributed by atoms with van der Waals surface area (Å²) in [5.74, 6) is 1.13. The van der Waals surface area contributed by atoms with Crippen LogP contribution in [-0.2, 0) is 10.2 Å². The highest BCUT2D eigenvalue weighted by molar-refractivity contribution is 9.10. The predicted octanol–water partition coefficient (Wildman–Crippen LogP) is 4.50. The van der Waals surface area contributed by atoms with Crippen LogP contribution in [0.2, 0.25) is 0 Å². The van der Waals surface area contributed by atoms with Crippen molar-refractivity contribution < 1.29 is 4.79 Å². The molecule has 25 heavy (non-hydrogen) atoms. The summed E-state index contributed by atoms with van der Waals surface area (Å²) in [4.78, 5) is 15.4. The summed E-state index contributed by atoms with van der Waals surface area (Å²) in [5, 5.41) is 3.21. The molecule has 0 bridgehead atoms. The topological polar surface area (TPSA) is 32.3 Å². The average molecular weight is 407 g/mol. The van der Waals surface area contributed by atoms with Crippen molar-refractivity contribution in [1.82, 2.24) is 10.2 Å². The van der Waals surface area contributed by atoms with Crippen LogP contribution in [-0.4, -0.2) is 37.0 Å². The lowest BCUT2D eigenvalue weighted by Crippen LogP contribution is -2.49. The number of rotatable bonds is 7. The van der Waals surface area contributed by atoms with E-state index in [4.69, 9.17) is 0 Å². The van der Waals surface area contributed by atoms with E-state index in [0.717, 1.165) is 42.6 Å². The monoisotopic (exact) mass is 406 g/mol. The number of unbranched alkanes of at least 4 members (excludes halogenated alkanes) is 1. The first-order chi connectivity index (χ1) is 12.1. The highest BCUT2D eigenvalue weighted by Gasteiger charge is 2.45. The van der Waals surface area contributed by atoms with Crippen LogP contribution in [0, 0.1) is 5.92 Å². The fourth-order valence-corrected chi connectivity index (χ4v) is 4.33. The number of likely N-dealkylation sites (tertiary alicyclic amines) is 1. The Morgan fingerprint density at radius 1 is 1.20 bits per heavy atom. The van der Waals surface area contributed by atoms with E-state index in [1.165, 1.54) is 44.5 Å². The second-order valence-electron chi connectivity index (χ2n) is 7.93. The Bertz CT molecular complexity index is 560. The first-order valence-electron chi connectivity index (χ1n) is 9.87. The Kier molecular flexibility index (Phi) is 6.56. The summed E-state index contributed by atoms with van der Waals surface area (Å²) < 4.78 is 1.07. The molecule has 2 fully saturated rings. The van der Waals surface area contributed by atoms with Gasteiger partial charge in [0.2, 0.25) is 5.91 Å². The molecule has 1 saturated heterocycles. The molecule has 1 amide bonds. The van der Waals surface area contributed by atoms with Crippen molar-refractivity contribution in [2.75, 3.05) is 26.2 Å². The average Bonchev–Trinajstić information content (AvgIpc) is 2.57. The quantitative estimate of drug-likeness (QED) is 0.675. The maximum absolute atomic E-state index is 12.8. The zero-order valence-corrected chi connectivity index (χ0v) is 17.0. The minimum Gasteiger partial charge on any atom is -0.355 e. The number of amides is 1. The Morgan fingerprint density at radius 2 is 1.88 bits per heavy atom. The van der Waals surface area contributed by atoms with Crippen molar-refractivity contribution in [3.63, 3.8) is 0 Å². The Balaban J connectivity index is 1.40. The third-order valence-corrected chi connectivity index (χ3v) is 6.63. The number of carbonyl (C=O) groups is 1. The van der Waals surface area contributed by atoms with Crippen molar-refractivity contribution in [2.24, 2.45) is 5.92 Å². The van der Waals surface area contributed by atoms with Crippen LogP contribution in [0.3, 0.4) is 0 Å². The molecule has 1 aromatic rings. The van der Waals surface area contributed by atoms with Gasteiger partial charge in [-0.15, -0.1) is 0 Å². The van der Waals surface area contributed by atoms with E-state index >= 15 is 0 Å². The second kappa shape index (κ2) is 8.68. The minimum atomic E-state index is -0.274. The van der Waals surface area contributed by atoms with Gasteiger partial charge in [0, 0.05) is 11.0 Å². The van der Waals surface area contributed by atoms with E-state index in [2.05, 4.69) is 45.2 Å². The third-order valence-electron chi connectivity index (χ3n) is 6.10. The van der Waals surface area contributed by atoms with Gasteiger partial charge in [0.05, 0.1) is 5.41 Å². The number of carbonyl (C=O) groups excluding carboxylic acids is 1. The lowest BCUT2D eigenvalue weighted by atomic mass is 9.64. The smallest absolute Gasteiger partial charge is 0.230 e. The van der Waals surface area contributed by atoms with Gasteiger partial charge in [-0.1, -0.05) is 41.4 Å². The highest BCUT2D eigenvalue weighted by Crippen LogP contribution is 2.44. The molecule has 0 atom stereocenters. The van der Waals surface area contributed by atoms with Gasteiger partial charge < -0.3 is 10.2 Å². The largest absolute Gasteiger partial charge is 0.355 e. The van der Waals surface area contributed by atoms with Crippen molar-refractivity contribution >= 4 is 21.8 Å². The summed E-state index contributed by atoms with van der Waals surface area (Å²) in [7, 11) is 0. The molecule has 0 aromatic heterocycles. The molecule has 3 rings (SSSR count). The third kappa shape index (κ3) is 4.65. The Labute approximate surface area is 160 Å². The van der Waals surface area contributed by atoms with Gasteiger partial charge in [0.15, 0.2) is 0 Å². The van der Waals surface area contributed by atoms with Gasteiger partial charge >= 0.3 is 0 Å². The minimum absolute atomic E-state index is 0.230. The number of benzene rings is 1. The molecule has 3 nitrogen and oxygen atoms in total. The molecule has 1 aliphatic heterocycles. The lowest BCUT2D eigenvalue weighted by molar-refractivity contribution is -0.129. The summed E-state index contributed by atoms with van der Waals surface area (Å²) in [6.07, 6.45) is 8.04. The van der Waals surface area contributed by atoms with Crippen molar-refractivity contribution in [3.8, 4) is 0 Å². The van der Waals surface area contributed by atoms with Crippen molar-refractivity contribution in [1.29, 1.82) is 0 Å². The van der Waals surface area contributed by atoms with Crippen LogP contribution in [0.5, 0.6) is 0 Å². The molecule has 4 heteroatoms. The van der Waals surface area contributed by atoms with Crippen LogP contribution in [0.25, 0.3) is 0 Å². The second-order valence-corrected chi connectivity index (χ2v) is 8.85. The number of nitrogens with zero attached hydrogens (tertiary/aromatic N) is 1. The lowest BCUT2D eigenvalue weighted by Gasteiger charge is -2.40. The summed E-state index contributed by atoms with van der Waals surface area (Å²) in [6.45, 7) is 6.84. The zero-order chi connectivity index (χ0) is 17.7. The normalized spacial score (nSPS) is 20.9. The molecule has 1 aliphatic carbocycles. The van der Waals surface area contributed by atoms with Gasteiger partial charge in [0.25, 0.3) is 0 Å². The number of hydrogen-bond acceptors (Lipinski definition) is 2. The van der Waals surface area contributed by atoms with Crippen molar-refractivity contribution in [2.45, 2.75) is 57.3 Å². The van der Waals surface area contributed by atoms with Gasteiger partial charge in [-0.25, -0.2) is 0 Å². The number of hydrogen-bond donors (Lipinski definition) is 1. The summed E-state index contributed by atoms with van der Waals surface area (Å²) >= 11 is 3.48. The number of nitrogens with one attached hydrogen (secondary N) is 1. The van der Waals surface area contributed by atoms with Crippen LogP contribution < -0.4 is 5.32 Å². The Morgan fingerprint density at radius 3 is 2.48 bits per heavy atom. The molecule has 0 spiro atoms. The van der Waals surface area contributed by atoms with E-state index < -0.39 is 0 Å². The van der Waals surface area contributed by atoms with Crippen molar-refractivity contribution in [3.05, 3.63) is 34.3 Å². The first kappa shape index (κ1) is 18.9. The maximum atomic E-state index is 12.8. The molecule has 1 aromatic carbocycles. The van der Waals surface area contributed by atoms with Crippen LogP contribution in [0.15, 0.2) is 28.7 Å².